The summed E-state index contributed by atoms with van der Waals surface area (Å²) in [4.78, 5) is 47.0. The first kappa shape index (κ1) is 51.0. The number of carboxylic acids is 4. The Morgan fingerprint density at radius 3 is 1.53 bits per heavy atom. The zero-order valence-corrected chi connectivity index (χ0v) is 33.0. The van der Waals surface area contributed by atoms with E-state index in [9.17, 15) is 60.0 Å². The minimum absolute atomic E-state index is 0. The van der Waals surface area contributed by atoms with E-state index in [1.165, 1.54) is 70.6 Å². The van der Waals surface area contributed by atoms with Crippen LogP contribution in [0.1, 0.15) is 110 Å². The van der Waals surface area contributed by atoms with Crippen molar-refractivity contribution in [2.75, 3.05) is 27.2 Å². The van der Waals surface area contributed by atoms with Crippen molar-refractivity contribution in [2.45, 2.75) is 165 Å². The Balaban J connectivity index is 0.0000270. The van der Waals surface area contributed by atoms with Crippen LogP contribution in [0, 0.1) is 0 Å². The number of aliphatic hydroxyl groups is 5. The van der Waals surface area contributed by atoms with Crippen molar-refractivity contribution in [3.8, 4) is 0 Å². The Morgan fingerprint density at radius 1 is 0.660 bits per heavy atom. The summed E-state index contributed by atoms with van der Waals surface area (Å²) < 4.78 is 17.2. The first-order chi connectivity index (χ1) is 24.4. The van der Waals surface area contributed by atoms with Crippen LogP contribution in [0.2, 0.25) is 6.04 Å². The molecule has 6 unspecified atom stereocenters. The van der Waals surface area contributed by atoms with E-state index in [1.807, 2.05) is 14.1 Å². The van der Waals surface area contributed by atoms with E-state index in [-0.39, 0.29) is 24.9 Å². The van der Waals surface area contributed by atoms with Gasteiger partial charge in [-0.15, -0.1) is 0 Å². The van der Waals surface area contributed by atoms with Gasteiger partial charge in [0, 0.05) is 12.5 Å². The van der Waals surface area contributed by atoms with Crippen LogP contribution in [0.5, 0.6) is 0 Å². The quantitative estimate of drug-likeness (QED) is 0.0229. The van der Waals surface area contributed by atoms with Crippen LogP contribution in [-0.2, 0) is 32.5 Å². The van der Waals surface area contributed by atoms with Crippen LogP contribution in [0.3, 0.4) is 0 Å². The van der Waals surface area contributed by atoms with E-state index in [0.29, 0.717) is 11.0 Å². The molecule has 0 aromatic rings. The summed E-state index contributed by atoms with van der Waals surface area (Å²) in [5.74, 6) is -7.73. The Bertz CT molecular complexity index is 1090. The average Bonchev–Trinajstić information content (AvgIpc) is 3.08. The first-order valence-corrected chi connectivity index (χ1v) is 20.5. The van der Waals surface area contributed by atoms with Gasteiger partial charge < -0.3 is 76.1 Å². The van der Waals surface area contributed by atoms with Gasteiger partial charge >= 0.3 is 32.7 Å². The number of nitrogens with zero attached hydrogens (tertiary/aromatic N) is 1. The second kappa shape index (κ2) is 26.0. The summed E-state index contributed by atoms with van der Waals surface area (Å²) in [6, 6.07) is -0.388. The maximum atomic E-state index is 12.2. The molecule has 0 aromatic heterocycles. The highest BCUT2D eigenvalue weighted by atomic mass is 35.5. The van der Waals surface area contributed by atoms with Crippen molar-refractivity contribution in [1.82, 2.24) is 0 Å². The molecular weight excluding hydrogens is 742 g/mol. The number of aliphatic hydroxyl groups excluding tert-OH is 5. The average molecular weight is 806 g/mol. The molecule has 1 saturated heterocycles. The lowest BCUT2D eigenvalue weighted by atomic mass is 10.0. The molecule has 0 saturated carbocycles. The molecular formula is C34H64ClNO16Si. The lowest BCUT2D eigenvalue weighted by molar-refractivity contribution is -0.890. The molecule has 0 spiro atoms. The predicted octanol–water partition coefficient (Wildman–Crippen LogP) is -1.42. The molecule has 1 aliphatic heterocycles. The molecule has 1 fully saturated rings. The van der Waals surface area contributed by atoms with Crippen molar-refractivity contribution in [3.05, 3.63) is 0 Å². The number of rotatable bonds is 30. The normalized spacial score (nSPS) is 23.3. The molecule has 0 aromatic carbocycles. The van der Waals surface area contributed by atoms with E-state index >= 15 is 0 Å². The summed E-state index contributed by atoms with van der Waals surface area (Å²) in [7, 11) is -0.968. The number of carboxylic acid groups (broad SMARTS) is 4. The number of unbranched alkanes of at least 4 members (excludes halogenated alkanes) is 14. The van der Waals surface area contributed by atoms with E-state index in [1.54, 1.807) is 0 Å². The van der Waals surface area contributed by atoms with Gasteiger partial charge in [0.05, 0.1) is 27.2 Å². The number of carbonyl (C=O) groups is 4. The number of halogens is 1. The lowest BCUT2D eigenvalue weighted by Gasteiger charge is -2.45. The molecule has 0 bridgehead atoms. The SMILES string of the molecule is CCCCCCCCCCCCCCCCC[N+](C)(C)CCC[Si]1(OC(C(=O)O)C(O)C(O)C(O)C(=O)O)O[C@@H](C(=O)O)[C@@H](O)[C@H](C(O)C(=O)O)O1.[Cl-]. The van der Waals surface area contributed by atoms with Crippen molar-refractivity contribution in [1.29, 1.82) is 0 Å². The lowest BCUT2D eigenvalue weighted by Crippen LogP contribution is -3.00. The molecule has 0 amide bonds. The zero-order valence-electron chi connectivity index (χ0n) is 31.3. The highest BCUT2D eigenvalue weighted by Crippen LogP contribution is 2.34. The van der Waals surface area contributed by atoms with Gasteiger partial charge in [0.25, 0.3) is 0 Å². The molecule has 17 nitrogen and oxygen atoms in total. The Morgan fingerprint density at radius 2 is 1.11 bits per heavy atom. The number of hydrogen-bond acceptors (Lipinski definition) is 12. The van der Waals surface area contributed by atoms with Crippen molar-refractivity contribution in [3.63, 3.8) is 0 Å². The molecule has 1 rings (SSSR count). The van der Waals surface area contributed by atoms with Crippen LogP contribution in [-0.4, -0.2) is 159 Å². The molecule has 1 aliphatic rings. The van der Waals surface area contributed by atoms with Gasteiger partial charge in [-0.2, -0.15) is 0 Å². The van der Waals surface area contributed by atoms with E-state index in [4.69, 9.17) is 18.4 Å². The number of hydrogen-bond donors (Lipinski definition) is 9. The topological polar surface area (TPSA) is 278 Å². The molecule has 312 valence electrons. The van der Waals surface area contributed by atoms with Gasteiger partial charge in [-0.3, -0.25) is 0 Å². The van der Waals surface area contributed by atoms with Crippen molar-refractivity contribution >= 4 is 32.7 Å². The maximum Gasteiger partial charge on any atom is 0.503 e. The van der Waals surface area contributed by atoms with Gasteiger partial charge in [0.1, 0.15) is 24.4 Å². The molecule has 9 N–H and O–H groups in total. The highest BCUT2D eigenvalue weighted by Gasteiger charge is 2.60. The van der Waals surface area contributed by atoms with E-state index < -0.39 is 81.5 Å². The van der Waals surface area contributed by atoms with Gasteiger partial charge in [-0.1, -0.05) is 90.4 Å². The standard InChI is InChI=1S/C34H63NO16Si.ClH/c1-4-5-6-7-8-9-10-11-12-13-14-15-16-17-18-20-35(2,3)21-19-22-52(50-29(33(45)46)24(37)23(36)25(38)31(41)42)49-28(27(40)32(43)44)26(39)30(51-52)34(47)48;/h23-30,36-40H,4-22H2,1-3H3,(H3-,41,42,43,44,45,46,47,48);1H/t23?,24?,25?,26-,27?,28+,29?,30+,52?;/m0./s1. The van der Waals surface area contributed by atoms with E-state index in [2.05, 4.69) is 6.92 Å². The minimum Gasteiger partial charge on any atom is -1.00 e. The number of aliphatic carboxylic acids is 4. The smallest absolute Gasteiger partial charge is 0.503 e. The molecule has 19 heteroatoms. The van der Waals surface area contributed by atoms with Gasteiger partial charge in [-0.25, -0.2) is 19.2 Å². The van der Waals surface area contributed by atoms with Gasteiger partial charge in [0.15, 0.2) is 24.4 Å². The fraction of sp³-hybridized carbons (Fsp3) is 0.882. The summed E-state index contributed by atoms with van der Waals surface area (Å²) in [6.07, 6.45) is -1.16. The van der Waals surface area contributed by atoms with Crippen LogP contribution in [0.15, 0.2) is 0 Å². The summed E-state index contributed by atoms with van der Waals surface area (Å²) >= 11 is 0. The minimum atomic E-state index is -4.85. The Labute approximate surface area is 319 Å². The second-order valence-corrected chi connectivity index (χ2v) is 17.1. The maximum absolute atomic E-state index is 12.2. The summed E-state index contributed by atoms with van der Waals surface area (Å²) in [6.45, 7) is 3.36. The fourth-order valence-electron chi connectivity index (χ4n) is 6.28. The zero-order chi connectivity index (χ0) is 39.5. The monoisotopic (exact) mass is 805 g/mol. The molecule has 9 atom stereocenters. The third-order valence-electron chi connectivity index (χ3n) is 9.48. The van der Waals surface area contributed by atoms with Crippen LogP contribution in [0.4, 0.5) is 0 Å². The first-order valence-electron chi connectivity index (χ1n) is 18.6. The molecule has 1 heterocycles. The van der Waals surface area contributed by atoms with Crippen LogP contribution < -0.4 is 12.4 Å². The summed E-state index contributed by atoms with van der Waals surface area (Å²) in [5, 5.41) is 89.2. The third kappa shape index (κ3) is 18.5. The molecule has 0 radical (unpaired) electrons. The third-order valence-corrected chi connectivity index (χ3v) is 12.3. The van der Waals surface area contributed by atoms with Gasteiger partial charge in [-0.05, 0) is 12.8 Å². The van der Waals surface area contributed by atoms with Gasteiger partial charge in [0.2, 0.25) is 0 Å². The van der Waals surface area contributed by atoms with Crippen LogP contribution >= 0.6 is 0 Å². The van der Waals surface area contributed by atoms with Crippen molar-refractivity contribution < 1.29 is 95.3 Å². The second-order valence-electron chi connectivity index (χ2n) is 14.5. The molecule has 0 aliphatic carbocycles. The molecule has 53 heavy (non-hydrogen) atoms. The number of quaternary nitrogens is 1. The van der Waals surface area contributed by atoms with Crippen LogP contribution in [0.25, 0.3) is 0 Å². The largest absolute Gasteiger partial charge is 1.00 e. The van der Waals surface area contributed by atoms with E-state index in [0.717, 1.165) is 32.2 Å². The predicted molar refractivity (Wildman–Crippen MR) is 187 cm³/mol. The Hall–Kier alpha value is -1.97. The Kier molecular flexibility index (Phi) is 25.0. The highest BCUT2D eigenvalue weighted by molar-refractivity contribution is 6.61. The summed E-state index contributed by atoms with van der Waals surface area (Å²) in [5.41, 5.74) is 0. The van der Waals surface area contributed by atoms with Crippen molar-refractivity contribution in [2.24, 2.45) is 0 Å². The fourth-order valence-corrected chi connectivity index (χ4v) is 9.33.